The second-order valence-corrected chi connectivity index (χ2v) is 13.2. The van der Waals surface area contributed by atoms with Crippen molar-refractivity contribution in [1.82, 2.24) is 14.7 Å². The minimum atomic E-state index is -1.15. The molecule has 2 heterocycles. The average molecular weight is 618 g/mol. The van der Waals surface area contributed by atoms with E-state index in [0.717, 1.165) is 12.8 Å². The number of hydrogen-bond donors (Lipinski definition) is 3. The number of piperidine rings is 1. The normalized spacial score (nSPS) is 20.8. The number of para-hydroxylation sites is 2. The molecule has 2 saturated heterocycles. The molecular formula is C32H51N5O7. The van der Waals surface area contributed by atoms with Crippen LogP contribution in [-0.4, -0.2) is 115 Å². The van der Waals surface area contributed by atoms with Gasteiger partial charge < -0.3 is 39.9 Å². The first kappa shape index (κ1) is 35.1. The Bertz CT molecular complexity index is 1130. The number of hydrogen-bond acceptors (Lipinski definition) is 7. The van der Waals surface area contributed by atoms with Gasteiger partial charge in [0.1, 0.15) is 0 Å². The number of rotatable bonds is 11. The molecule has 3 N–H and O–H groups in total. The van der Waals surface area contributed by atoms with Gasteiger partial charge >= 0.3 is 17.9 Å². The number of morpholine rings is 1. The van der Waals surface area contributed by atoms with Crippen molar-refractivity contribution >= 4 is 35.2 Å². The zero-order valence-corrected chi connectivity index (χ0v) is 27.1. The number of nitrogens with zero attached hydrogens (tertiary/aromatic N) is 3. The number of carbonyl (C=O) groups excluding carboxylic acids is 3. The summed E-state index contributed by atoms with van der Waals surface area (Å²) in [4.78, 5) is 58.5. The van der Waals surface area contributed by atoms with Crippen molar-refractivity contribution in [1.29, 1.82) is 0 Å². The van der Waals surface area contributed by atoms with Gasteiger partial charge in [0, 0.05) is 46.4 Å². The molecule has 1 unspecified atom stereocenters. The fourth-order valence-corrected chi connectivity index (χ4v) is 6.22. The Kier molecular flexibility index (Phi) is 12.8. The van der Waals surface area contributed by atoms with Crippen molar-refractivity contribution in [3.63, 3.8) is 0 Å². The molecule has 12 nitrogen and oxygen atoms in total. The third-order valence-corrected chi connectivity index (χ3v) is 8.13. The highest BCUT2D eigenvalue weighted by Crippen LogP contribution is 2.38. The van der Waals surface area contributed by atoms with Gasteiger partial charge in [-0.15, -0.1) is 0 Å². The third-order valence-electron chi connectivity index (χ3n) is 8.13. The van der Waals surface area contributed by atoms with Crippen LogP contribution in [0.25, 0.3) is 0 Å². The van der Waals surface area contributed by atoms with Crippen LogP contribution in [0.5, 0.6) is 0 Å². The van der Waals surface area contributed by atoms with Gasteiger partial charge in [-0.3, -0.25) is 14.4 Å². The number of amides is 4. The van der Waals surface area contributed by atoms with Crippen LogP contribution >= 0.6 is 0 Å². The predicted octanol–water partition coefficient (Wildman–Crippen LogP) is 3.59. The molecule has 0 bridgehead atoms. The van der Waals surface area contributed by atoms with Crippen LogP contribution in [0.3, 0.4) is 0 Å². The molecule has 1 aromatic carbocycles. The van der Waals surface area contributed by atoms with Crippen LogP contribution < -0.4 is 10.6 Å². The second-order valence-electron chi connectivity index (χ2n) is 13.2. The number of methoxy groups -OCH3 is 1. The largest absolute Gasteiger partial charge is 0.465 e. The first-order valence-electron chi connectivity index (χ1n) is 15.6. The topological polar surface area (TPSA) is 141 Å². The number of anilines is 2. The molecule has 0 aliphatic carbocycles. The zero-order chi connectivity index (χ0) is 32.4. The molecule has 44 heavy (non-hydrogen) atoms. The zero-order valence-electron chi connectivity index (χ0n) is 27.1. The number of carboxylic acid groups (broad SMARTS) is 1. The molecule has 1 aromatic rings. The molecule has 2 fully saturated rings. The van der Waals surface area contributed by atoms with Crippen LogP contribution in [-0.2, 0) is 23.9 Å². The Hall–Kier alpha value is -3.38. The average Bonchev–Trinajstić information content (AvgIpc) is 2.99. The van der Waals surface area contributed by atoms with Crippen LogP contribution in [0.1, 0.15) is 53.9 Å². The van der Waals surface area contributed by atoms with Crippen molar-refractivity contribution < 1.29 is 33.8 Å². The summed E-state index contributed by atoms with van der Waals surface area (Å²) in [6, 6.07) is 5.88. The summed E-state index contributed by atoms with van der Waals surface area (Å²) in [7, 11) is 1.66. The van der Waals surface area contributed by atoms with Gasteiger partial charge in [-0.25, -0.2) is 4.79 Å². The Balaban J connectivity index is 1.91. The molecule has 246 valence electrons. The first-order valence-corrected chi connectivity index (χ1v) is 15.6. The van der Waals surface area contributed by atoms with E-state index in [2.05, 4.69) is 10.6 Å². The van der Waals surface area contributed by atoms with E-state index in [1.165, 1.54) is 9.80 Å². The van der Waals surface area contributed by atoms with Gasteiger partial charge in [0.15, 0.2) is 0 Å². The predicted molar refractivity (Wildman–Crippen MR) is 168 cm³/mol. The number of nitrogens with one attached hydrogen (secondary N) is 2. The number of unbranched alkanes of at least 4 members (excludes halogenated alkanes) is 1. The van der Waals surface area contributed by atoms with Crippen LogP contribution in [0, 0.1) is 17.3 Å². The maximum absolute atomic E-state index is 14.1. The van der Waals surface area contributed by atoms with Crippen molar-refractivity contribution in [2.75, 3.05) is 70.3 Å². The lowest BCUT2D eigenvalue weighted by molar-refractivity contribution is -0.152. The molecule has 2 aliphatic rings. The van der Waals surface area contributed by atoms with E-state index >= 15 is 0 Å². The number of likely N-dealkylation sites (tertiary alicyclic amines) is 1. The van der Waals surface area contributed by atoms with Gasteiger partial charge in [0.2, 0.25) is 5.91 Å². The molecule has 0 aromatic heterocycles. The third kappa shape index (κ3) is 9.31. The van der Waals surface area contributed by atoms with E-state index < -0.39 is 41.3 Å². The summed E-state index contributed by atoms with van der Waals surface area (Å²) >= 11 is 0. The van der Waals surface area contributed by atoms with E-state index in [-0.39, 0.29) is 31.3 Å². The number of carbonyl (C=O) groups is 4. The molecule has 0 radical (unpaired) electrons. The van der Waals surface area contributed by atoms with Gasteiger partial charge in [-0.1, -0.05) is 46.8 Å². The van der Waals surface area contributed by atoms with E-state index in [0.29, 0.717) is 50.8 Å². The molecule has 3 atom stereocenters. The first-order chi connectivity index (χ1) is 20.8. The lowest BCUT2D eigenvalue weighted by atomic mass is 9.74. The maximum atomic E-state index is 14.1. The summed E-state index contributed by atoms with van der Waals surface area (Å²) in [5.41, 5.74) is 0.590. The minimum absolute atomic E-state index is 0.0120. The van der Waals surface area contributed by atoms with Gasteiger partial charge in [-0.2, -0.15) is 0 Å². The Morgan fingerprint density at radius 1 is 1.09 bits per heavy atom. The quantitative estimate of drug-likeness (QED) is 0.253. The molecule has 12 heteroatoms. The molecule has 0 spiro atoms. The van der Waals surface area contributed by atoms with Gasteiger partial charge in [0.25, 0.3) is 0 Å². The Morgan fingerprint density at radius 2 is 1.75 bits per heavy atom. The molecule has 2 aliphatic heterocycles. The summed E-state index contributed by atoms with van der Waals surface area (Å²) < 4.78 is 10.5. The SMILES string of the molecule is COCCCCNc1ccccc1NC(=O)C(=O)N(CC(C)C)[C@H]1C[C@@H](C(=O)N2CCOCC2)CN(C(=O)O)C1C(C)(C)C. The molecule has 3 rings (SSSR count). The van der Waals surface area contributed by atoms with E-state index in [9.17, 15) is 24.3 Å². The van der Waals surface area contributed by atoms with Crippen LogP contribution in [0.4, 0.5) is 16.2 Å². The van der Waals surface area contributed by atoms with Gasteiger partial charge in [0.05, 0.1) is 42.6 Å². The van der Waals surface area contributed by atoms with Crippen molar-refractivity contribution in [2.45, 2.75) is 66.0 Å². The minimum Gasteiger partial charge on any atom is -0.465 e. The Labute approximate surface area is 261 Å². The van der Waals surface area contributed by atoms with Crippen molar-refractivity contribution in [2.24, 2.45) is 17.3 Å². The van der Waals surface area contributed by atoms with Gasteiger partial charge in [-0.05, 0) is 42.7 Å². The maximum Gasteiger partial charge on any atom is 0.407 e. The molecule has 4 amide bonds. The van der Waals surface area contributed by atoms with Crippen LogP contribution in [0.2, 0.25) is 0 Å². The van der Waals surface area contributed by atoms with Crippen molar-refractivity contribution in [3.8, 4) is 0 Å². The van der Waals surface area contributed by atoms with E-state index in [4.69, 9.17) is 9.47 Å². The standard InChI is InChI=1S/C32H51N5O7/c1-22(2)20-36(30(40)28(38)34-25-12-8-7-11-24(25)33-13-9-10-16-43-6)26-19-23(29(39)35-14-17-44-18-15-35)21-37(31(41)42)27(26)32(3,4)5/h7-8,11-12,22-23,26-27,33H,9-10,13-21H2,1-6H3,(H,34,38)(H,41,42)/t23-,26+,27?/m1/s1. The van der Waals surface area contributed by atoms with E-state index in [1.54, 1.807) is 24.1 Å². The monoisotopic (exact) mass is 617 g/mol. The highest BCUT2D eigenvalue weighted by Gasteiger charge is 2.50. The fourth-order valence-electron chi connectivity index (χ4n) is 6.22. The highest BCUT2D eigenvalue weighted by atomic mass is 16.5. The lowest BCUT2D eigenvalue weighted by Gasteiger charge is -2.52. The highest BCUT2D eigenvalue weighted by molar-refractivity contribution is 6.40. The van der Waals surface area contributed by atoms with Crippen LogP contribution in [0.15, 0.2) is 24.3 Å². The summed E-state index contributed by atoms with van der Waals surface area (Å²) in [5.74, 6) is -2.37. The Morgan fingerprint density at radius 3 is 2.34 bits per heavy atom. The lowest BCUT2D eigenvalue weighted by Crippen LogP contribution is -2.67. The number of ether oxygens (including phenoxy) is 2. The molecule has 0 saturated carbocycles. The van der Waals surface area contributed by atoms with Crippen molar-refractivity contribution in [3.05, 3.63) is 24.3 Å². The smallest absolute Gasteiger partial charge is 0.407 e. The fraction of sp³-hybridized carbons (Fsp3) is 0.688. The summed E-state index contributed by atoms with van der Waals surface area (Å²) in [6.07, 6.45) is 0.866. The summed E-state index contributed by atoms with van der Waals surface area (Å²) in [5, 5.41) is 16.4. The summed E-state index contributed by atoms with van der Waals surface area (Å²) in [6.45, 7) is 13.0. The second kappa shape index (κ2) is 16.1. The number of benzene rings is 1. The van der Waals surface area contributed by atoms with E-state index in [1.807, 2.05) is 46.8 Å². The molecular weight excluding hydrogens is 566 g/mol.